The number of hydrogen-bond acceptors (Lipinski definition) is 3. The first kappa shape index (κ1) is 7.69. The highest BCUT2D eigenvalue weighted by molar-refractivity contribution is 7.12. The predicted octanol–water partition coefficient (Wildman–Crippen LogP) is 1.93. The number of hydrogen-bond donors (Lipinski definition) is 0. The van der Waals surface area contributed by atoms with Crippen molar-refractivity contribution >= 4 is 29.2 Å². The van der Waals surface area contributed by atoms with Crippen LogP contribution in [0.1, 0.15) is 15.3 Å². The first-order valence-corrected chi connectivity index (χ1v) is 4.01. The maximum absolute atomic E-state index is 10.1. The highest BCUT2D eigenvalue weighted by atomic mass is 35.5. The van der Waals surface area contributed by atoms with E-state index in [4.69, 9.17) is 11.6 Å². The predicted molar refractivity (Wildman–Crippen MR) is 41.5 cm³/mol. The third-order valence-electron chi connectivity index (χ3n) is 0.995. The molecule has 0 amide bonds. The fraction of sp³-hybridized carbons (Fsp3) is 0.333. The molecule has 0 N–H and O–H groups in total. The summed E-state index contributed by atoms with van der Waals surface area (Å²) < 4.78 is 0. The normalized spacial score (nSPS) is 13.0. The van der Waals surface area contributed by atoms with Crippen LogP contribution >= 0.6 is 22.9 Å². The lowest BCUT2D eigenvalue weighted by Crippen LogP contribution is -1.87. The van der Waals surface area contributed by atoms with E-state index < -0.39 is 5.38 Å². The zero-order chi connectivity index (χ0) is 7.56. The van der Waals surface area contributed by atoms with Crippen LogP contribution in [0.5, 0.6) is 0 Å². The molecule has 1 aromatic rings. The summed E-state index contributed by atoms with van der Waals surface area (Å²) in [5, 5.41) is 0.105. The molecule has 0 fully saturated rings. The van der Waals surface area contributed by atoms with Crippen molar-refractivity contribution < 1.29 is 4.79 Å². The third kappa shape index (κ3) is 1.55. The van der Waals surface area contributed by atoms with E-state index in [1.807, 2.05) is 6.92 Å². The Bertz CT molecular complexity index is 235. The third-order valence-corrected chi connectivity index (χ3v) is 2.43. The molecule has 0 radical (unpaired) electrons. The largest absolute Gasteiger partial charge is 0.301 e. The molecule has 0 saturated carbocycles. The van der Waals surface area contributed by atoms with Crippen molar-refractivity contribution in [2.24, 2.45) is 0 Å². The summed E-state index contributed by atoms with van der Waals surface area (Å²) in [5.41, 5.74) is 0. The highest BCUT2D eigenvalue weighted by Gasteiger charge is 2.08. The molecule has 0 aliphatic carbocycles. The molecule has 1 heterocycles. The van der Waals surface area contributed by atoms with Crippen molar-refractivity contribution in [3.05, 3.63) is 16.1 Å². The summed E-state index contributed by atoms with van der Waals surface area (Å²) in [7, 11) is 0. The number of alkyl halides is 1. The van der Waals surface area contributed by atoms with E-state index in [0.29, 0.717) is 11.3 Å². The van der Waals surface area contributed by atoms with Crippen molar-refractivity contribution in [2.75, 3.05) is 0 Å². The molecule has 1 atom stereocenters. The summed E-state index contributed by atoms with van der Waals surface area (Å²) in [4.78, 5) is 15.2. The van der Waals surface area contributed by atoms with Gasteiger partial charge in [-0.05, 0) is 6.92 Å². The Labute approximate surface area is 67.9 Å². The van der Waals surface area contributed by atoms with Crippen molar-refractivity contribution in [1.82, 2.24) is 4.98 Å². The lowest BCUT2D eigenvalue weighted by molar-refractivity contribution is -0.107. The molecular weight excluding hydrogens is 170 g/mol. The van der Waals surface area contributed by atoms with Gasteiger partial charge in [0.1, 0.15) is 16.7 Å². The van der Waals surface area contributed by atoms with Gasteiger partial charge < -0.3 is 4.79 Å². The van der Waals surface area contributed by atoms with E-state index in [1.54, 1.807) is 6.20 Å². The number of aromatic nitrogens is 1. The minimum Gasteiger partial charge on any atom is -0.301 e. The topological polar surface area (TPSA) is 30.0 Å². The van der Waals surface area contributed by atoms with Crippen molar-refractivity contribution in [3.63, 3.8) is 0 Å². The Morgan fingerprint density at radius 1 is 1.90 bits per heavy atom. The first-order chi connectivity index (χ1) is 4.74. The molecule has 1 aromatic heterocycles. The van der Waals surface area contributed by atoms with E-state index >= 15 is 0 Å². The van der Waals surface area contributed by atoms with Gasteiger partial charge in [-0.2, -0.15) is 0 Å². The highest BCUT2D eigenvalue weighted by Crippen LogP contribution is 2.22. The number of aldehydes is 1. The van der Waals surface area contributed by atoms with Crippen LogP contribution < -0.4 is 0 Å². The Hall–Kier alpha value is -0.410. The minimum absolute atomic E-state index is 0.571. The second-order valence-corrected chi connectivity index (χ2v) is 3.58. The molecule has 1 unspecified atom stereocenters. The summed E-state index contributed by atoms with van der Waals surface area (Å²) in [6.45, 7) is 1.93. The Morgan fingerprint density at radius 2 is 2.60 bits per heavy atom. The zero-order valence-electron chi connectivity index (χ0n) is 5.37. The van der Waals surface area contributed by atoms with Gasteiger partial charge >= 0.3 is 0 Å². The quantitative estimate of drug-likeness (QED) is 0.508. The second kappa shape index (κ2) is 3.12. The summed E-state index contributed by atoms with van der Waals surface area (Å²) in [6.07, 6.45) is 2.39. The molecule has 0 bridgehead atoms. The van der Waals surface area contributed by atoms with Crippen LogP contribution in [-0.4, -0.2) is 11.3 Å². The fourth-order valence-corrected chi connectivity index (χ4v) is 1.46. The van der Waals surface area contributed by atoms with Crippen LogP contribution in [-0.2, 0) is 4.79 Å². The summed E-state index contributed by atoms with van der Waals surface area (Å²) in [6, 6.07) is 0. The first-order valence-electron chi connectivity index (χ1n) is 2.75. The van der Waals surface area contributed by atoms with Crippen LogP contribution in [0, 0.1) is 6.92 Å². The summed E-state index contributed by atoms with van der Waals surface area (Å²) >= 11 is 7.03. The molecule has 1 rings (SSSR count). The Kier molecular flexibility index (Phi) is 2.40. The minimum atomic E-state index is -0.571. The van der Waals surface area contributed by atoms with E-state index in [0.717, 1.165) is 4.88 Å². The van der Waals surface area contributed by atoms with Crippen LogP contribution in [0.3, 0.4) is 0 Å². The second-order valence-electron chi connectivity index (χ2n) is 1.85. The van der Waals surface area contributed by atoms with Gasteiger partial charge in [-0.3, -0.25) is 0 Å². The molecule has 54 valence electrons. The maximum Gasteiger partial charge on any atom is 0.144 e. The summed E-state index contributed by atoms with van der Waals surface area (Å²) in [5.74, 6) is 0. The van der Waals surface area contributed by atoms with E-state index in [2.05, 4.69) is 4.98 Å². The van der Waals surface area contributed by atoms with E-state index in [9.17, 15) is 4.79 Å². The zero-order valence-corrected chi connectivity index (χ0v) is 6.95. The van der Waals surface area contributed by atoms with Crippen LogP contribution in [0.25, 0.3) is 0 Å². The van der Waals surface area contributed by atoms with Gasteiger partial charge in [-0.25, -0.2) is 4.98 Å². The number of halogens is 1. The number of rotatable bonds is 2. The smallest absolute Gasteiger partial charge is 0.144 e. The average molecular weight is 176 g/mol. The van der Waals surface area contributed by atoms with E-state index in [-0.39, 0.29) is 0 Å². The molecule has 4 heteroatoms. The number of aryl methyl sites for hydroxylation is 1. The van der Waals surface area contributed by atoms with Crippen LogP contribution in [0.4, 0.5) is 0 Å². The Morgan fingerprint density at radius 3 is 3.00 bits per heavy atom. The standard InChI is InChI=1S/C6H6ClNOS/c1-4-2-8-6(10-4)5(7)3-9/h2-3,5H,1H3. The molecule has 0 saturated heterocycles. The van der Waals surface area contributed by atoms with Gasteiger partial charge in [0, 0.05) is 11.1 Å². The number of carbonyl (C=O) groups excluding carboxylic acids is 1. The number of thiazole rings is 1. The number of nitrogens with zero attached hydrogens (tertiary/aromatic N) is 1. The van der Waals surface area contributed by atoms with Crippen molar-refractivity contribution in [3.8, 4) is 0 Å². The van der Waals surface area contributed by atoms with Crippen molar-refractivity contribution in [2.45, 2.75) is 12.3 Å². The van der Waals surface area contributed by atoms with Gasteiger partial charge in [0.15, 0.2) is 0 Å². The van der Waals surface area contributed by atoms with Gasteiger partial charge in [0.2, 0.25) is 0 Å². The molecule has 0 aliphatic heterocycles. The monoisotopic (exact) mass is 175 g/mol. The lowest BCUT2D eigenvalue weighted by atomic mass is 10.5. The molecular formula is C6H6ClNOS. The Balaban J connectivity index is 2.84. The van der Waals surface area contributed by atoms with E-state index in [1.165, 1.54) is 11.3 Å². The maximum atomic E-state index is 10.1. The molecule has 0 spiro atoms. The SMILES string of the molecule is Cc1cnc(C(Cl)C=O)s1. The molecule has 0 aromatic carbocycles. The van der Waals surface area contributed by atoms with Gasteiger partial charge in [0.05, 0.1) is 0 Å². The van der Waals surface area contributed by atoms with Crippen LogP contribution in [0.15, 0.2) is 6.20 Å². The molecule has 10 heavy (non-hydrogen) atoms. The number of carbonyl (C=O) groups is 1. The average Bonchev–Trinajstić information content (AvgIpc) is 2.34. The van der Waals surface area contributed by atoms with Crippen LogP contribution in [0.2, 0.25) is 0 Å². The molecule has 0 aliphatic rings. The van der Waals surface area contributed by atoms with Gasteiger partial charge in [0.25, 0.3) is 0 Å². The van der Waals surface area contributed by atoms with Crippen molar-refractivity contribution in [1.29, 1.82) is 0 Å². The van der Waals surface area contributed by atoms with Gasteiger partial charge in [-0.15, -0.1) is 22.9 Å². The fourth-order valence-electron chi connectivity index (χ4n) is 0.558. The lowest BCUT2D eigenvalue weighted by Gasteiger charge is -1.90. The van der Waals surface area contributed by atoms with Gasteiger partial charge in [-0.1, -0.05) is 0 Å². The molecule has 2 nitrogen and oxygen atoms in total.